The Morgan fingerprint density at radius 3 is 2.59 bits per heavy atom. The average molecular weight is 410 g/mol. The lowest BCUT2D eigenvalue weighted by molar-refractivity contribution is -0.136. The van der Waals surface area contributed by atoms with E-state index in [0.717, 1.165) is 5.56 Å². The van der Waals surface area contributed by atoms with Crippen molar-refractivity contribution in [3.05, 3.63) is 46.5 Å². The molecule has 1 amide bonds. The van der Waals surface area contributed by atoms with Gasteiger partial charge in [0.1, 0.15) is 0 Å². The number of benzene rings is 1. The molecule has 27 heavy (non-hydrogen) atoms. The highest BCUT2D eigenvalue weighted by Crippen LogP contribution is 2.60. The van der Waals surface area contributed by atoms with E-state index >= 15 is 0 Å². The Hall–Kier alpha value is -1.33. The molecule has 1 aliphatic carbocycles. The molecule has 148 valence electrons. The van der Waals surface area contributed by atoms with Crippen LogP contribution in [0.2, 0.25) is 5.02 Å². The Morgan fingerprint density at radius 1 is 1.33 bits per heavy atom. The zero-order valence-electron chi connectivity index (χ0n) is 16.4. The number of hydrogen-bond donors (Lipinski definition) is 0. The van der Waals surface area contributed by atoms with Crippen LogP contribution in [-0.2, 0) is 21.2 Å². The summed E-state index contributed by atoms with van der Waals surface area (Å²) in [6.45, 7) is 8.71. The van der Waals surface area contributed by atoms with Gasteiger partial charge in [0.2, 0.25) is 5.91 Å². The van der Waals surface area contributed by atoms with Crippen molar-refractivity contribution in [3.63, 3.8) is 0 Å². The lowest BCUT2D eigenvalue weighted by Gasteiger charge is -2.29. The summed E-state index contributed by atoms with van der Waals surface area (Å²) in [4.78, 5) is 15.3. The summed E-state index contributed by atoms with van der Waals surface area (Å²) in [6.07, 6.45) is 2.68. The molecule has 3 rings (SSSR count). The Morgan fingerprint density at radius 2 is 2.04 bits per heavy atom. The zero-order chi connectivity index (χ0) is 20.0. The van der Waals surface area contributed by atoms with Gasteiger partial charge in [-0.15, -0.1) is 0 Å². The van der Waals surface area contributed by atoms with E-state index in [-0.39, 0.29) is 40.7 Å². The van der Waals surface area contributed by atoms with Gasteiger partial charge in [-0.2, -0.15) is 0 Å². The molecule has 2 aliphatic rings. The molecule has 0 spiro atoms. The van der Waals surface area contributed by atoms with Crippen molar-refractivity contribution in [2.75, 3.05) is 11.5 Å². The fraction of sp³-hybridized carbons (Fsp3) is 0.571. The monoisotopic (exact) mass is 409 g/mol. The third kappa shape index (κ3) is 4.40. The van der Waals surface area contributed by atoms with Crippen LogP contribution in [0.15, 0.2) is 35.9 Å². The van der Waals surface area contributed by atoms with Crippen molar-refractivity contribution in [2.24, 2.45) is 17.3 Å². The van der Waals surface area contributed by atoms with Gasteiger partial charge in [-0.1, -0.05) is 49.2 Å². The van der Waals surface area contributed by atoms with Crippen LogP contribution >= 0.6 is 11.6 Å². The Kier molecular flexibility index (Phi) is 5.48. The fourth-order valence-corrected chi connectivity index (χ4v) is 6.18. The smallest absolute Gasteiger partial charge is 0.227 e. The van der Waals surface area contributed by atoms with E-state index in [4.69, 9.17) is 11.6 Å². The SMILES string of the molecule is CC(C)=C[C@H]1[C@H](C(=O)N(Cc2cccc(Cl)c2)[C@@H]2CCS(=O)(=O)C2)C1(C)C. The highest BCUT2D eigenvalue weighted by molar-refractivity contribution is 7.91. The minimum atomic E-state index is -3.07. The van der Waals surface area contributed by atoms with Crippen molar-refractivity contribution in [2.45, 2.75) is 46.7 Å². The van der Waals surface area contributed by atoms with E-state index in [1.807, 2.05) is 32.0 Å². The molecule has 1 aromatic carbocycles. The molecule has 0 radical (unpaired) electrons. The third-order valence-corrected chi connectivity index (χ3v) is 7.85. The summed E-state index contributed by atoms with van der Waals surface area (Å²) >= 11 is 6.11. The van der Waals surface area contributed by atoms with Crippen LogP contribution in [0, 0.1) is 17.3 Å². The second-order valence-corrected chi connectivity index (χ2v) is 11.4. The fourth-order valence-electron chi connectivity index (χ4n) is 4.24. The number of rotatable bonds is 5. The first kappa shape index (κ1) is 20.4. The normalized spacial score (nSPS) is 27.8. The number of hydrogen-bond acceptors (Lipinski definition) is 3. The molecule has 0 bridgehead atoms. The summed E-state index contributed by atoms with van der Waals surface area (Å²) in [5.74, 6) is 0.372. The first-order valence-electron chi connectivity index (χ1n) is 9.41. The molecular weight excluding hydrogens is 382 g/mol. The highest BCUT2D eigenvalue weighted by atomic mass is 35.5. The minimum Gasteiger partial charge on any atom is -0.334 e. The van der Waals surface area contributed by atoms with Gasteiger partial charge in [-0.3, -0.25) is 4.79 Å². The van der Waals surface area contributed by atoms with Crippen LogP contribution in [0.3, 0.4) is 0 Å². The predicted octanol–water partition coefficient (Wildman–Crippen LogP) is 4.09. The zero-order valence-corrected chi connectivity index (χ0v) is 18.0. The van der Waals surface area contributed by atoms with E-state index in [1.54, 1.807) is 11.0 Å². The van der Waals surface area contributed by atoms with Crippen molar-refractivity contribution < 1.29 is 13.2 Å². The molecule has 0 N–H and O–H groups in total. The second kappa shape index (κ2) is 7.25. The number of amides is 1. The number of carbonyl (C=O) groups is 1. The highest BCUT2D eigenvalue weighted by Gasteiger charge is 2.61. The summed E-state index contributed by atoms with van der Waals surface area (Å²) < 4.78 is 24.1. The van der Waals surface area contributed by atoms with Crippen LogP contribution in [-0.4, -0.2) is 36.8 Å². The second-order valence-electron chi connectivity index (χ2n) is 8.72. The molecule has 3 atom stereocenters. The van der Waals surface area contributed by atoms with Gasteiger partial charge in [-0.05, 0) is 49.3 Å². The number of allylic oxidation sites excluding steroid dienone is 2. The number of sulfone groups is 1. The number of nitrogens with zero attached hydrogens (tertiary/aromatic N) is 1. The molecule has 6 heteroatoms. The van der Waals surface area contributed by atoms with E-state index in [2.05, 4.69) is 19.9 Å². The number of halogens is 1. The van der Waals surface area contributed by atoms with Gasteiger partial charge in [-0.25, -0.2) is 8.42 Å². The topological polar surface area (TPSA) is 54.5 Å². The molecule has 1 saturated heterocycles. The van der Waals surface area contributed by atoms with Gasteiger partial charge < -0.3 is 4.90 Å². The van der Waals surface area contributed by atoms with E-state index in [9.17, 15) is 13.2 Å². The standard InChI is InChI=1S/C21H28ClNO3S/c1-14(2)10-18-19(21(18,3)4)20(24)23(17-8-9-27(25,26)13-17)12-15-6-5-7-16(22)11-15/h5-7,10-11,17-19H,8-9,12-13H2,1-4H3/t17-,18+,19-/m1/s1. The van der Waals surface area contributed by atoms with Crippen molar-refractivity contribution in [1.29, 1.82) is 0 Å². The van der Waals surface area contributed by atoms with E-state index in [0.29, 0.717) is 18.0 Å². The van der Waals surface area contributed by atoms with Gasteiger partial charge in [0.25, 0.3) is 0 Å². The Bertz CT molecular complexity index is 871. The maximum Gasteiger partial charge on any atom is 0.227 e. The summed E-state index contributed by atoms with van der Waals surface area (Å²) in [5, 5.41) is 0.619. The Balaban J connectivity index is 1.88. The summed E-state index contributed by atoms with van der Waals surface area (Å²) in [5.41, 5.74) is 2.03. The molecule has 1 aliphatic heterocycles. The predicted molar refractivity (Wildman–Crippen MR) is 109 cm³/mol. The van der Waals surface area contributed by atoms with Gasteiger partial charge >= 0.3 is 0 Å². The van der Waals surface area contributed by atoms with Crippen LogP contribution in [0.1, 0.15) is 39.7 Å². The molecular formula is C21H28ClNO3S. The number of carbonyl (C=O) groups excluding carboxylic acids is 1. The minimum absolute atomic E-state index is 0.0553. The first-order chi connectivity index (χ1) is 12.5. The Labute approximate surface area is 167 Å². The van der Waals surface area contributed by atoms with Gasteiger partial charge in [0, 0.05) is 17.6 Å². The van der Waals surface area contributed by atoms with Crippen LogP contribution in [0.5, 0.6) is 0 Å². The van der Waals surface area contributed by atoms with Crippen LogP contribution in [0.4, 0.5) is 0 Å². The molecule has 1 aromatic rings. The van der Waals surface area contributed by atoms with Gasteiger partial charge in [0.15, 0.2) is 9.84 Å². The molecule has 0 unspecified atom stereocenters. The lowest BCUT2D eigenvalue weighted by Crippen LogP contribution is -2.42. The summed E-state index contributed by atoms with van der Waals surface area (Å²) in [7, 11) is -3.07. The maximum absolute atomic E-state index is 13.5. The molecule has 1 heterocycles. The molecule has 0 aromatic heterocycles. The summed E-state index contributed by atoms with van der Waals surface area (Å²) in [6, 6.07) is 7.17. The molecule has 2 fully saturated rings. The van der Waals surface area contributed by atoms with Gasteiger partial charge in [0.05, 0.1) is 17.4 Å². The first-order valence-corrected chi connectivity index (χ1v) is 11.6. The van der Waals surface area contributed by atoms with E-state index < -0.39 is 9.84 Å². The van der Waals surface area contributed by atoms with Crippen LogP contribution in [0.25, 0.3) is 0 Å². The maximum atomic E-state index is 13.5. The molecule has 4 nitrogen and oxygen atoms in total. The van der Waals surface area contributed by atoms with Crippen LogP contribution < -0.4 is 0 Å². The van der Waals surface area contributed by atoms with Crippen molar-refractivity contribution in [3.8, 4) is 0 Å². The quantitative estimate of drug-likeness (QED) is 0.688. The van der Waals surface area contributed by atoms with Crippen molar-refractivity contribution >= 4 is 27.3 Å². The molecule has 1 saturated carbocycles. The van der Waals surface area contributed by atoms with E-state index in [1.165, 1.54) is 5.57 Å². The third-order valence-electron chi connectivity index (χ3n) is 5.86. The average Bonchev–Trinajstić information content (AvgIpc) is 2.88. The van der Waals surface area contributed by atoms with Crippen molar-refractivity contribution in [1.82, 2.24) is 4.90 Å². The lowest BCUT2D eigenvalue weighted by atomic mass is 10.1. The largest absolute Gasteiger partial charge is 0.334 e.